The summed E-state index contributed by atoms with van der Waals surface area (Å²) >= 11 is 0. The molecule has 0 radical (unpaired) electrons. The molecule has 0 atom stereocenters. The summed E-state index contributed by atoms with van der Waals surface area (Å²) in [5, 5.41) is 2.76. The Kier molecular flexibility index (Phi) is 4.82. The molecule has 1 amide bonds. The maximum absolute atomic E-state index is 11.6. The van der Waals surface area contributed by atoms with E-state index in [1.165, 1.54) is 0 Å². The van der Waals surface area contributed by atoms with Crippen LogP contribution in [-0.2, 0) is 0 Å². The Morgan fingerprint density at radius 2 is 1.94 bits per heavy atom. The summed E-state index contributed by atoms with van der Waals surface area (Å²) in [4.78, 5) is 13.8. The first-order chi connectivity index (χ1) is 8.13. The smallest absolute Gasteiger partial charge is 0.251 e. The Bertz CT molecular complexity index is 386. The normalized spacial score (nSPS) is 10.1. The van der Waals surface area contributed by atoms with Crippen molar-refractivity contribution in [2.75, 3.05) is 30.3 Å². The molecular formula is C13H21N3O. The number of anilines is 2. The van der Waals surface area contributed by atoms with Crippen molar-refractivity contribution in [3.8, 4) is 0 Å². The van der Waals surface area contributed by atoms with Gasteiger partial charge in [-0.15, -0.1) is 0 Å². The summed E-state index contributed by atoms with van der Waals surface area (Å²) in [5.74, 6) is -0.0784. The molecule has 4 nitrogen and oxygen atoms in total. The van der Waals surface area contributed by atoms with E-state index in [2.05, 4.69) is 24.1 Å². The molecule has 0 aliphatic rings. The number of hydrogen-bond donors (Lipinski definition) is 2. The molecule has 94 valence electrons. The quantitative estimate of drug-likeness (QED) is 0.766. The van der Waals surface area contributed by atoms with Crippen molar-refractivity contribution in [2.45, 2.75) is 20.8 Å². The summed E-state index contributed by atoms with van der Waals surface area (Å²) in [6, 6.07) is 5.46. The highest BCUT2D eigenvalue weighted by atomic mass is 16.1. The Morgan fingerprint density at radius 3 is 2.41 bits per heavy atom. The predicted molar refractivity (Wildman–Crippen MR) is 72.4 cm³/mol. The SMILES string of the molecule is CCNC(=O)c1ccc(N(CC)CC)c(N)c1. The van der Waals surface area contributed by atoms with E-state index < -0.39 is 0 Å². The lowest BCUT2D eigenvalue weighted by Gasteiger charge is -2.23. The minimum Gasteiger partial charge on any atom is -0.397 e. The maximum atomic E-state index is 11.6. The second kappa shape index (κ2) is 6.13. The van der Waals surface area contributed by atoms with E-state index in [-0.39, 0.29) is 5.91 Å². The highest BCUT2D eigenvalue weighted by molar-refractivity contribution is 5.96. The Hall–Kier alpha value is -1.71. The number of carbonyl (C=O) groups excluding carboxylic acids is 1. The van der Waals surface area contributed by atoms with Crippen LogP contribution in [0.3, 0.4) is 0 Å². The van der Waals surface area contributed by atoms with E-state index in [1.54, 1.807) is 6.07 Å². The number of nitrogens with two attached hydrogens (primary N) is 1. The van der Waals surface area contributed by atoms with Gasteiger partial charge in [0.1, 0.15) is 0 Å². The van der Waals surface area contributed by atoms with Gasteiger partial charge in [0.05, 0.1) is 11.4 Å². The van der Waals surface area contributed by atoms with Crippen LogP contribution >= 0.6 is 0 Å². The molecule has 0 saturated carbocycles. The van der Waals surface area contributed by atoms with Crippen LogP contribution in [0.4, 0.5) is 11.4 Å². The lowest BCUT2D eigenvalue weighted by molar-refractivity contribution is 0.0956. The van der Waals surface area contributed by atoms with Gasteiger partial charge in [-0.05, 0) is 39.0 Å². The molecule has 0 unspecified atom stereocenters. The number of rotatable bonds is 5. The molecule has 0 fully saturated rings. The van der Waals surface area contributed by atoms with Gasteiger partial charge in [-0.25, -0.2) is 0 Å². The average Bonchev–Trinajstić information content (AvgIpc) is 2.32. The van der Waals surface area contributed by atoms with Gasteiger partial charge in [-0.2, -0.15) is 0 Å². The summed E-state index contributed by atoms with van der Waals surface area (Å²) in [5.41, 5.74) is 8.24. The number of nitrogens with zero attached hydrogens (tertiary/aromatic N) is 1. The van der Waals surface area contributed by atoms with E-state index in [0.717, 1.165) is 18.8 Å². The van der Waals surface area contributed by atoms with Crippen LogP contribution in [0.25, 0.3) is 0 Å². The predicted octanol–water partition coefficient (Wildman–Crippen LogP) is 1.86. The van der Waals surface area contributed by atoms with E-state index >= 15 is 0 Å². The number of carbonyl (C=O) groups is 1. The molecule has 0 spiro atoms. The Labute approximate surface area is 103 Å². The molecule has 0 heterocycles. The van der Waals surface area contributed by atoms with Crippen molar-refractivity contribution in [3.05, 3.63) is 23.8 Å². The number of nitrogen functional groups attached to an aromatic ring is 1. The molecule has 0 aliphatic heterocycles. The van der Waals surface area contributed by atoms with Crippen LogP contribution in [0.1, 0.15) is 31.1 Å². The zero-order valence-electron chi connectivity index (χ0n) is 10.8. The molecule has 0 aliphatic carbocycles. The van der Waals surface area contributed by atoms with Crippen LogP contribution in [0.15, 0.2) is 18.2 Å². The summed E-state index contributed by atoms with van der Waals surface area (Å²) in [6.07, 6.45) is 0. The zero-order chi connectivity index (χ0) is 12.8. The fraction of sp³-hybridized carbons (Fsp3) is 0.462. The van der Waals surface area contributed by atoms with Gasteiger partial charge < -0.3 is 16.0 Å². The van der Waals surface area contributed by atoms with Crippen molar-refractivity contribution in [1.29, 1.82) is 0 Å². The summed E-state index contributed by atoms with van der Waals surface area (Å²) in [6.45, 7) is 8.49. The van der Waals surface area contributed by atoms with Crippen LogP contribution < -0.4 is 16.0 Å². The summed E-state index contributed by atoms with van der Waals surface area (Å²) in [7, 11) is 0. The molecular weight excluding hydrogens is 214 g/mol. The summed E-state index contributed by atoms with van der Waals surface area (Å²) < 4.78 is 0. The molecule has 1 aromatic rings. The molecule has 0 saturated heterocycles. The van der Waals surface area contributed by atoms with Gasteiger partial charge in [0, 0.05) is 25.2 Å². The molecule has 4 heteroatoms. The van der Waals surface area contributed by atoms with Crippen LogP contribution in [0, 0.1) is 0 Å². The highest BCUT2D eigenvalue weighted by Gasteiger charge is 2.10. The number of amides is 1. The monoisotopic (exact) mass is 235 g/mol. The first-order valence-electron chi connectivity index (χ1n) is 6.06. The lowest BCUT2D eigenvalue weighted by Crippen LogP contribution is -2.25. The second-order valence-corrected chi connectivity index (χ2v) is 3.81. The van der Waals surface area contributed by atoms with Gasteiger partial charge in [0.15, 0.2) is 0 Å². The van der Waals surface area contributed by atoms with E-state index in [4.69, 9.17) is 5.73 Å². The van der Waals surface area contributed by atoms with Gasteiger partial charge in [0.2, 0.25) is 0 Å². The first-order valence-corrected chi connectivity index (χ1v) is 6.06. The van der Waals surface area contributed by atoms with Crippen molar-refractivity contribution in [1.82, 2.24) is 5.32 Å². The largest absolute Gasteiger partial charge is 0.397 e. The molecule has 17 heavy (non-hydrogen) atoms. The number of benzene rings is 1. The average molecular weight is 235 g/mol. The first kappa shape index (κ1) is 13.4. The third-order valence-electron chi connectivity index (χ3n) is 2.73. The fourth-order valence-corrected chi connectivity index (χ4v) is 1.81. The zero-order valence-corrected chi connectivity index (χ0v) is 10.8. The standard InChI is InChI=1S/C13H21N3O/c1-4-15-13(17)10-7-8-12(11(14)9-10)16(5-2)6-3/h7-9H,4-6,14H2,1-3H3,(H,15,17). The van der Waals surface area contributed by atoms with Gasteiger partial charge >= 0.3 is 0 Å². The van der Waals surface area contributed by atoms with Crippen LogP contribution in [0.2, 0.25) is 0 Å². The number of nitrogens with one attached hydrogen (secondary N) is 1. The fourth-order valence-electron chi connectivity index (χ4n) is 1.81. The van der Waals surface area contributed by atoms with Crippen molar-refractivity contribution >= 4 is 17.3 Å². The Morgan fingerprint density at radius 1 is 1.29 bits per heavy atom. The van der Waals surface area contributed by atoms with E-state index in [0.29, 0.717) is 17.8 Å². The van der Waals surface area contributed by atoms with Gasteiger partial charge in [-0.3, -0.25) is 4.79 Å². The van der Waals surface area contributed by atoms with E-state index in [1.807, 2.05) is 19.1 Å². The van der Waals surface area contributed by atoms with Crippen molar-refractivity contribution < 1.29 is 4.79 Å². The van der Waals surface area contributed by atoms with Crippen LogP contribution in [-0.4, -0.2) is 25.5 Å². The topological polar surface area (TPSA) is 58.4 Å². The number of hydrogen-bond acceptors (Lipinski definition) is 3. The van der Waals surface area contributed by atoms with E-state index in [9.17, 15) is 4.79 Å². The third kappa shape index (κ3) is 3.12. The van der Waals surface area contributed by atoms with Gasteiger partial charge in [-0.1, -0.05) is 0 Å². The molecule has 0 bridgehead atoms. The van der Waals surface area contributed by atoms with Crippen LogP contribution in [0.5, 0.6) is 0 Å². The maximum Gasteiger partial charge on any atom is 0.251 e. The lowest BCUT2D eigenvalue weighted by atomic mass is 10.1. The molecule has 3 N–H and O–H groups in total. The molecule has 1 rings (SSSR count). The minimum atomic E-state index is -0.0784. The van der Waals surface area contributed by atoms with Gasteiger partial charge in [0.25, 0.3) is 5.91 Å². The minimum absolute atomic E-state index is 0.0784. The third-order valence-corrected chi connectivity index (χ3v) is 2.73. The van der Waals surface area contributed by atoms with Crippen molar-refractivity contribution in [3.63, 3.8) is 0 Å². The highest BCUT2D eigenvalue weighted by Crippen LogP contribution is 2.24. The molecule has 1 aromatic carbocycles. The second-order valence-electron chi connectivity index (χ2n) is 3.81. The Balaban J connectivity index is 2.97. The van der Waals surface area contributed by atoms with Crippen molar-refractivity contribution in [2.24, 2.45) is 0 Å². The molecule has 0 aromatic heterocycles.